The van der Waals surface area contributed by atoms with Crippen molar-refractivity contribution in [2.75, 3.05) is 26.3 Å². The summed E-state index contributed by atoms with van der Waals surface area (Å²) in [5, 5.41) is 10.1. The SMILES string of the molecule is CCOCC(C)Cc1nc2cc(OC3CCN(C(=O)O)CC3)ccc2c2[nH]cnc12. The zero-order valence-corrected chi connectivity index (χ0v) is 17.4. The van der Waals surface area contributed by atoms with Gasteiger partial charge in [0.25, 0.3) is 0 Å². The molecule has 0 spiro atoms. The number of hydrogen-bond donors (Lipinski definition) is 2. The minimum absolute atomic E-state index is 0.0135. The van der Waals surface area contributed by atoms with Crippen molar-refractivity contribution in [2.45, 2.75) is 39.2 Å². The minimum Gasteiger partial charge on any atom is -0.490 e. The second-order valence-corrected chi connectivity index (χ2v) is 7.92. The highest BCUT2D eigenvalue weighted by Gasteiger charge is 2.23. The molecule has 3 heterocycles. The third-order valence-corrected chi connectivity index (χ3v) is 5.57. The third kappa shape index (κ3) is 4.33. The van der Waals surface area contributed by atoms with Crippen LogP contribution in [-0.4, -0.2) is 63.5 Å². The number of nitrogens with one attached hydrogen (secondary N) is 1. The zero-order chi connectivity index (χ0) is 21.1. The van der Waals surface area contributed by atoms with Gasteiger partial charge in [-0.25, -0.2) is 9.78 Å². The molecule has 1 fully saturated rings. The summed E-state index contributed by atoms with van der Waals surface area (Å²) < 4.78 is 11.7. The molecule has 1 atom stereocenters. The van der Waals surface area contributed by atoms with Gasteiger partial charge in [-0.15, -0.1) is 0 Å². The number of ether oxygens (including phenoxy) is 2. The lowest BCUT2D eigenvalue weighted by Crippen LogP contribution is -2.41. The van der Waals surface area contributed by atoms with Crippen molar-refractivity contribution in [1.82, 2.24) is 19.9 Å². The maximum atomic E-state index is 11.1. The fraction of sp³-hybridized carbons (Fsp3) is 0.500. The van der Waals surface area contributed by atoms with Gasteiger partial charge < -0.3 is 24.5 Å². The number of carbonyl (C=O) groups is 1. The molecular weight excluding hydrogens is 384 g/mol. The Bertz CT molecular complexity index is 1030. The van der Waals surface area contributed by atoms with Gasteiger partial charge in [0.05, 0.1) is 23.1 Å². The van der Waals surface area contributed by atoms with Gasteiger partial charge in [-0.05, 0) is 31.4 Å². The molecule has 0 aliphatic carbocycles. The Labute approximate surface area is 175 Å². The van der Waals surface area contributed by atoms with Gasteiger partial charge in [0, 0.05) is 50.6 Å². The predicted octanol–water partition coefficient (Wildman–Crippen LogP) is 3.85. The maximum Gasteiger partial charge on any atom is 0.407 e. The lowest BCUT2D eigenvalue weighted by molar-refractivity contribution is 0.0895. The van der Waals surface area contributed by atoms with Gasteiger partial charge in [0.1, 0.15) is 17.4 Å². The molecule has 1 unspecified atom stereocenters. The molecule has 2 N–H and O–H groups in total. The van der Waals surface area contributed by atoms with E-state index in [4.69, 9.17) is 19.6 Å². The van der Waals surface area contributed by atoms with E-state index in [9.17, 15) is 4.79 Å². The highest BCUT2D eigenvalue weighted by atomic mass is 16.5. The van der Waals surface area contributed by atoms with Crippen molar-refractivity contribution >= 4 is 28.0 Å². The minimum atomic E-state index is -0.863. The van der Waals surface area contributed by atoms with E-state index in [2.05, 4.69) is 16.9 Å². The van der Waals surface area contributed by atoms with Crippen LogP contribution in [0.15, 0.2) is 24.5 Å². The van der Waals surface area contributed by atoms with Crippen LogP contribution in [0.25, 0.3) is 21.9 Å². The Balaban J connectivity index is 1.56. The lowest BCUT2D eigenvalue weighted by Gasteiger charge is -2.30. The molecular formula is C22H28N4O4. The topological polar surface area (TPSA) is 101 Å². The first kappa shape index (κ1) is 20.4. The highest BCUT2D eigenvalue weighted by Crippen LogP contribution is 2.29. The second-order valence-electron chi connectivity index (χ2n) is 7.92. The van der Waals surface area contributed by atoms with Crippen molar-refractivity contribution < 1.29 is 19.4 Å². The molecule has 8 nitrogen and oxygen atoms in total. The number of imidazole rings is 1. The number of hydrogen-bond acceptors (Lipinski definition) is 5. The van der Waals surface area contributed by atoms with Crippen LogP contribution < -0.4 is 4.74 Å². The van der Waals surface area contributed by atoms with Crippen LogP contribution >= 0.6 is 0 Å². The Morgan fingerprint density at radius 2 is 2.17 bits per heavy atom. The van der Waals surface area contributed by atoms with Crippen LogP contribution in [0.2, 0.25) is 0 Å². The number of likely N-dealkylation sites (tertiary alicyclic amines) is 1. The molecule has 1 amide bonds. The molecule has 0 radical (unpaired) electrons. The van der Waals surface area contributed by atoms with Gasteiger partial charge in [0.2, 0.25) is 0 Å². The van der Waals surface area contributed by atoms with Crippen molar-refractivity contribution in [3.63, 3.8) is 0 Å². The number of aromatic amines is 1. The lowest BCUT2D eigenvalue weighted by atomic mass is 10.0. The van der Waals surface area contributed by atoms with Gasteiger partial charge >= 0.3 is 6.09 Å². The van der Waals surface area contributed by atoms with Gasteiger partial charge in [0.15, 0.2) is 0 Å². The number of carboxylic acid groups (broad SMARTS) is 1. The second kappa shape index (κ2) is 8.87. The molecule has 2 aromatic heterocycles. The number of pyridine rings is 1. The number of aromatic nitrogens is 3. The summed E-state index contributed by atoms with van der Waals surface area (Å²) in [6.07, 6.45) is 3.03. The van der Waals surface area contributed by atoms with Crippen LogP contribution in [0, 0.1) is 5.92 Å². The van der Waals surface area contributed by atoms with E-state index in [0.29, 0.717) is 45.1 Å². The molecule has 0 saturated carbocycles. The number of fused-ring (bicyclic) bond motifs is 3. The molecule has 8 heteroatoms. The Kier molecular flexibility index (Phi) is 6.03. The van der Waals surface area contributed by atoms with E-state index in [1.54, 1.807) is 6.33 Å². The number of nitrogens with zero attached hydrogens (tertiary/aromatic N) is 3. The first-order chi connectivity index (χ1) is 14.5. The van der Waals surface area contributed by atoms with E-state index in [1.807, 2.05) is 25.1 Å². The normalized spacial score (nSPS) is 16.3. The quantitative estimate of drug-likeness (QED) is 0.611. The van der Waals surface area contributed by atoms with E-state index in [-0.39, 0.29) is 6.10 Å². The standard InChI is InChI=1S/C22H28N4O4/c1-3-29-12-14(2)10-19-21-20(23-13-24-21)17-5-4-16(11-18(17)25-19)30-15-6-8-26(9-7-15)22(27)28/h4-5,11,13-15H,3,6-10,12H2,1-2H3,(H,23,24)(H,27,28). The number of H-pyrrole nitrogens is 1. The van der Waals surface area contributed by atoms with E-state index >= 15 is 0 Å². The fourth-order valence-corrected chi connectivity index (χ4v) is 4.01. The zero-order valence-electron chi connectivity index (χ0n) is 17.4. The van der Waals surface area contributed by atoms with Crippen LogP contribution in [0.5, 0.6) is 5.75 Å². The molecule has 30 heavy (non-hydrogen) atoms. The summed E-state index contributed by atoms with van der Waals surface area (Å²) in [4.78, 5) is 25.2. The number of piperidine rings is 1. The van der Waals surface area contributed by atoms with E-state index in [0.717, 1.165) is 39.8 Å². The molecule has 0 bridgehead atoms. The van der Waals surface area contributed by atoms with Gasteiger partial charge in [-0.2, -0.15) is 0 Å². The van der Waals surface area contributed by atoms with Gasteiger partial charge in [-0.1, -0.05) is 6.92 Å². The van der Waals surface area contributed by atoms with Crippen molar-refractivity contribution in [3.05, 3.63) is 30.2 Å². The summed E-state index contributed by atoms with van der Waals surface area (Å²) in [5.74, 6) is 1.10. The predicted molar refractivity (Wildman–Crippen MR) is 114 cm³/mol. The third-order valence-electron chi connectivity index (χ3n) is 5.57. The Morgan fingerprint density at radius 3 is 2.90 bits per heavy atom. The molecule has 1 saturated heterocycles. The molecule has 1 aromatic carbocycles. The van der Waals surface area contributed by atoms with E-state index in [1.165, 1.54) is 4.90 Å². The number of amides is 1. The Morgan fingerprint density at radius 1 is 1.37 bits per heavy atom. The maximum absolute atomic E-state index is 11.1. The number of rotatable bonds is 7. The summed E-state index contributed by atoms with van der Waals surface area (Å²) >= 11 is 0. The van der Waals surface area contributed by atoms with Crippen LogP contribution in [0.1, 0.15) is 32.4 Å². The molecule has 1 aliphatic heterocycles. The average Bonchev–Trinajstić information content (AvgIpc) is 3.23. The van der Waals surface area contributed by atoms with Crippen molar-refractivity contribution in [3.8, 4) is 5.75 Å². The van der Waals surface area contributed by atoms with E-state index < -0.39 is 6.09 Å². The van der Waals surface area contributed by atoms with Crippen LogP contribution in [0.4, 0.5) is 4.79 Å². The Hall–Kier alpha value is -2.87. The first-order valence-electron chi connectivity index (χ1n) is 10.5. The van der Waals surface area contributed by atoms with Crippen molar-refractivity contribution in [1.29, 1.82) is 0 Å². The van der Waals surface area contributed by atoms with Gasteiger partial charge in [-0.3, -0.25) is 4.98 Å². The summed E-state index contributed by atoms with van der Waals surface area (Å²) in [5.41, 5.74) is 3.71. The largest absolute Gasteiger partial charge is 0.490 e. The van der Waals surface area contributed by atoms with Crippen LogP contribution in [-0.2, 0) is 11.2 Å². The average molecular weight is 412 g/mol. The van der Waals surface area contributed by atoms with Crippen molar-refractivity contribution in [2.24, 2.45) is 5.92 Å². The molecule has 160 valence electrons. The smallest absolute Gasteiger partial charge is 0.407 e. The summed E-state index contributed by atoms with van der Waals surface area (Å²) in [6, 6.07) is 5.93. The summed E-state index contributed by atoms with van der Waals surface area (Å²) in [7, 11) is 0. The number of benzene rings is 1. The molecule has 3 aromatic rings. The highest BCUT2D eigenvalue weighted by molar-refractivity contribution is 6.03. The van der Waals surface area contributed by atoms with Crippen LogP contribution in [0.3, 0.4) is 0 Å². The molecule has 1 aliphatic rings. The summed E-state index contributed by atoms with van der Waals surface area (Å²) in [6.45, 7) is 6.56. The first-order valence-corrected chi connectivity index (χ1v) is 10.5. The molecule has 4 rings (SSSR count). The fourth-order valence-electron chi connectivity index (χ4n) is 4.01. The monoisotopic (exact) mass is 412 g/mol.